The van der Waals surface area contributed by atoms with Crippen LogP contribution in [0.5, 0.6) is 0 Å². The van der Waals surface area contributed by atoms with Crippen LogP contribution in [0.4, 0.5) is 0 Å². The second-order valence-corrected chi connectivity index (χ2v) is 5.19. The van der Waals surface area contributed by atoms with Crippen LogP contribution in [0.25, 0.3) is 0 Å². The van der Waals surface area contributed by atoms with Crippen LogP contribution in [-0.2, 0) is 0 Å². The van der Waals surface area contributed by atoms with Gasteiger partial charge >= 0.3 is 0 Å². The van der Waals surface area contributed by atoms with Gasteiger partial charge in [-0.3, -0.25) is 0 Å². The maximum atomic E-state index is 3.65. The highest BCUT2D eigenvalue weighted by Gasteiger charge is 2.20. The third-order valence-electron chi connectivity index (χ3n) is 4.11. The van der Waals surface area contributed by atoms with Crippen molar-refractivity contribution in [2.24, 2.45) is 5.92 Å². The second-order valence-electron chi connectivity index (χ2n) is 5.19. The molecule has 0 aromatic heterocycles. The Morgan fingerprint density at radius 2 is 2.13 bits per heavy atom. The topological polar surface area (TPSA) is 15.3 Å². The molecule has 2 nitrogen and oxygen atoms in total. The molecule has 1 fully saturated rings. The minimum absolute atomic E-state index is 0.668. The lowest BCUT2D eigenvalue weighted by molar-refractivity contribution is 0.284. The largest absolute Gasteiger partial charge is 0.314 e. The molecule has 15 heavy (non-hydrogen) atoms. The first-order valence-corrected chi connectivity index (χ1v) is 6.58. The Labute approximate surface area is 95.4 Å². The molecule has 0 spiro atoms. The molecule has 0 bridgehead atoms. The summed E-state index contributed by atoms with van der Waals surface area (Å²) in [7, 11) is 2.26. The van der Waals surface area contributed by atoms with Crippen LogP contribution < -0.4 is 5.32 Å². The molecule has 1 aliphatic heterocycles. The molecular formula is C13H28N2. The molecule has 90 valence electrons. The molecule has 3 unspecified atom stereocenters. The van der Waals surface area contributed by atoms with Crippen LogP contribution >= 0.6 is 0 Å². The summed E-state index contributed by atoms with van der Waals surface area (Å²) < 4.78 is 0. The van der Waals surface area contributed by atoms with E-state index in [1.165, 1.54) is 38.8 Å². The first kappa shape index (κ1) is 13.0. The Kier molecular flexibility index (Phi) is 5.62. The third-order valence-corrected chi connectivity index (χ3v) is 4.11. The van der Waals surface area contributed by atoms with Crippen molar-refractivity contribution in [1.82, 2.24) is 10.2 Å². The smallest absolute Gasteiger partial charge is 0.0105 e. The fourth-order valence-corrected chi connectivity index (χ4v) is 2.38. The fraction of sp³-hybridized carbons (Fsp3) is 1.00. The molecule has 0 amide bonds. The number of nitrogens with one attached hydrogen (secondary N) is 1. The van der Waals surface area contributed by atoms with Crippen LogP contribution in [-0.4, -0.2) is 37.1 Å². The predicted molar refractivity (Wildman–Crippen MR) is 67.2 cm³/mol. The fourth-order valence-electron chi connectivity index (χ4n) is 2.38. The van der Waals surface area contributed by atoms with Crippen molar-refractivity contribution in [2.45, 2.75) is 58.5 Å². The Morgan fingerprint density at radius 1 is 1.40 bits per heavy atom. The first-order chi connectivity index (χ1) is 7.15. The first-order valence-electron chi connectivity index (χ1n) is 6.58. The number of rotatable bonds is 6. The normalized spacial score (nSPS) is 26.8. The average Bonchev–Trinajstić information content (AvgIpc) is 2.63. The number of nitrogens with zero attached hydrogens (tertiary/aromatic N) is 1. The zero-order valence-electron chi connectivity index (χ0n) is 10.9. The molecular weight excluding hydrogens is 184 g/mol. The predicted octanol–water partition coefficient (Wildman–Crippen LogP) is 2.49. The summed E-state index contributed by atoms with van der Waals surface area (Å²) in [5.41, 5.74) is 0. The molecule has 1 saturated heterocycles. The Balaban J connectivity index is 2.10. The van der Waals surface area contributed by atoms with Crippen molar-refractivity contribution in [2.75, 3.05) is 20.1 Å². The van der Waals surface area contributed by atoms with E-state index in [2.05, 4.69) is 38.0 Å². The van der Waals surface area contributed by atoms with Crippen LogP contribution in [0.15, 0.2) is 0 Å². The summed E-state index contributed by atoms with van der Waals surface area (Å²) in [6.45, 7) is 9.39. The third kappa shape index (κ3) is 4.12. The van der Waals surface area contributed by atoms with Gasteiger partial charge in [-0.25, -0.2) is 0 Å². The number of likely N-dealkylation sites (tertiary alicyclic amines) is 1. The van der Waals surface area contributed by atoms with Crippen LogP contribution in [0.3, 0.4) is 0 Å². The van der Waals surface area contributed by atoms with Gasteiger partial charge in [0.1, 0.15) is 0 Å². The van der Waals surface area contributed by atoms with Gasteiger partial charge in [0.25, 0.3) is 0 Å². The molecule has 1 N–H and O–H groups in total. The van der Waals surface area contributed by atoms with Gasteiger partial charge < -0.3 is 10.2 Å². The van der Waals surface area contributed by atoms with E-state index in [4.69, 9.17) is 0 Å². The Morgan fingerprint density at radius 3 is 2.67 bits per heavy atom. The Bertz CT molecular complexity index is 170. The van der Waals surface area contributed by atoms with Gasteiger partial charge in [-0.2, -0.15) is 0 Å². The van der Waals surface area contributed by atoms with Gasteiger partial charge in [-0.05, 0) is 52.2 Å². The lowest BCUT2D eigenvalue weighted by Crippen LogP contribution is -2.35. The Hall–Kier alpha value is -0.0800. The second kappa shape index (κ2) is 6.49. The molecule has 1 heterocycles. The number of hydrogen-bond acceptors (Lipinski definition) is 2. The lowest BCUT2D eigenvalue weighted by atomic mass is 10.0. The highest BCUT2D eigenvalue weighted by Crippen LogP contribution is 2.17. The zero-order valence-corrected chi connectivity index (χ0v) is 10.9. The van der Waals surface area contributed by atoms with Gasteiger partial charge in [-0.1, -0.05) is 20.3 Å². The van der Waals surface area contributed by atoms with E-state index >= 15 is 0 Å². The maximum absolute atomic E-state index is 3.65. The molecule has 3 atom stereocenters. The highest BCUT2D eigenvalue weighted by atomic mass is 15.1. The average molecular weight is 212 g/mol. The van der Waals surface area contributed by atoms with Crippen LogP contribution in [0, 0.1) is 5.92 Å². The molecule has 0 aromatic carbocycles. The van der Waals surface area contributed by atoms with E-state index in [0.717, 1.165) is 12.0 Å². The van der Waals surface area contributed by atoms with Crippen LogP contribution in [0.2, 0.25) is 0 Å². The van der Waals surface area contributed by atoms with E-state index in [-0.39, 0.29) is 0 Å². The summed E-state index contributed by atoms with van der Waals surface area (Å²) in [5, 5.41) is 3.65. The van der Waals surface area contributed by atoms with Crippen molar-refractivity contribution in [3.8, 4) is 0 Å². The van der Waals surface area contributed by atoms with Gasteiger partial charge in [0.05, 0.1) is 0 Å². The SMILES string of the molecule is CCC(C)C(C)NCCC1CCCN1C. The lowest BCUT2D eigenvalue weighted by Gasteiger charge is -2.23. The van der Waals surface area contributed by atoms with E-state index < -0.39 is 0 Å². The van der Waals surface area contributed by atoms with Crippen molar-refractivity contribution >= 4 is 0 Å². The quantitative estimate of drug-likeness (QED) is 0.728. The summed E-state index contributed by atoms with van der Waals surface area (Å²) in [6, 6.07) is 1.50. The summed E-state index contributed by atoms with van der Waals surface area (Å²) in [6.07, 6.45) is 5.38. The van der Waals surface area contributed by atoms with Crippen molar-refractivity contribution in [3.05, 3.63) is 0 Å². The molecule has 0 aliphatic carbocycles. The minimum Gasteiger partial charge on any atom is -0.314 e. The molecule has 1 rings (SSSR count). The summed E-state index contributed by atoms with van der Waals surface area (Å²) >= 11 is 0. The maximum Gasteiger partial charge on any atom is 0.0105 e. The van der Waals surface area contributed by atoms with E-state index in [1.807, 2.05) is 0 Å². The van der Waals surface area contributed by atoms with E-state index in [1.54, 1.807) is 0 Å². The van der Waals surface area contributed by atoms with Gasteiger partial charge in [0.2, 0.25) is 0 Å². The zero-order chi connectivity index (χ0) is 11.3. The summed E-state index contributed by atoms with van der Waals surface area (Å²) in [4.78, 5) is 2.51. The highest BCUT2D eigenvalue weighted by molar-refractivity contribution is 4.77. The molecule has 0 aromatic rings. The molecule has 0 radical (unpaired) electrons. The molecule has 1 aliphatic rings. The van der Waals surface area contributed by atoms with E-state index in [9.17, 15) is 0 Å². The molecule has 2 heteroatoms. The number of hydrogen-bond donors (Lipinski definition) is 1. The standard InChI is InChI=1S/C13H28N2/c1-5-11(2)12(3)14-9-8-13-7-6-10-15(13)4/h11-14H,5-10H2,1-4H3. The van der Waals surface area contributed by atoms with Gasteiger partial charge in [0, 0.05) is 12.1 Å². The van der Waals surface area contributed by atoms with Crippen molar-refractivity contribution < 1.29 is 0 Å². The molecule has 0 saturated carbocycles. The van der Waals surface area contributed by atoms with E-state index in [0.29, 0.717) is 6.04 Å². The van der Waals surface area contributed by atoms with Gasteiger partial charge in [-0.15, -0.1) is 0 Å². The summed E-state index contributed by atoms with van der Waals surface area (Å²) in [5.74, 6) is 0.798. The van der Waals surface area contributed by atoms with Crippen LogP contribution in [0.1, 0.15) is 46.5 Å². The van der Waals surface area contributed by atoms with Crippen molar-refractivity contribution in [1.29, 1.82) is 0 Å². The minimum atomic E-state index is 0.668. The monoisotopic (exact) mass is 212 g/mol. The van der Waals surface area contributed by atoms with Gasteiger partial charge in [0.15, 0.2) is 0 Å². The van der Waals surface area contributed by atoms with Crippen molar-refractivity contribution in [3.63, 3.8) is 0 Å².